The van der Waals surface area contributed by atoms with Crippen LogP contribution in [0.1, 0.15) is 18.9 Å². The Bertz CT molecular complexity index is 408. The zero-order chi connectivity index (χ0) is 10.9. The number of halogens is 1. The van der Waals surface area contributed by atoms with Crippen LogP contribution in [0.15, 0.2) is 40.9 Å². The predicted octanol–water partition coefficient (Wildman–Crippen LogP) is 3.17. The number of ether oxygens (including phenoxy) is 1. The number of cyclic esters (lactones) is 1. The first-order valence-electron chi connectivity index (χ1n) is 4.76. The molecule has 2 rings (SSSR count). The molecule has 1 unspecified atom stereocenters. The van der Waals surface area contributed by atoms with Gasteiger partial charge in [-0.3, -0.25) is 0 Å². The average Bonchev–Trinajstić information content (AvgIpc) is 2.18. The zero-order valence-electron chi connectivity index (χ0n) is 8.37. The quantitative estimate of drug-likeness (QED) is 0.730. The van der Waals surface area contributed by atoms with Crippen molar-refractivity contribution in [2.24, 2.45) is 0 Å². The highest BCUT2D eigenvalue weighted by molar-refractivity contribution is 9.10. The number of carbonyl (C=O) groups is 1. The largest absolute Gasteiger partial charge is 0.451 e. The monoisotopic (exact) mass is 266 g/mol. The van der Waals surface area contributed by atoms with E-state index >= 15 is 0 Å². The fourth-order valence-electron chi connectivity index (χ4n) is 1.66. The number of esters is 1. The molecule has 1 aromatic rings. The van der Waals surface area contributed by atoms with Crippen molar-refractivity contribution in [3.63, 3.8) is 0 Å². The van der Waals surface area contributed by atoms with Gasteiger partial charge in [0.25, 0.3) is 0 Å². The third kappa shape index (κ3) is 2.12. The molecular weight excluding hydrogens is 256 g/mol. The van der Waals surface area contributed by atoms with Gasteiger partial charge in [-0.25, -0.2) is 4.79 Å². The van der Waals surface area contributed by atoms with Crippen LogP contribution in [0.5, 0.6) is 0 Å². The second-order valence-corrected chi connectivity index (χ2v) is 4.68. The highest BCUT2D eigenvalue weighted by Crippen LogP contribution is 2.32. The second kappa shape index (κ2) is 3.81. The fourth-order valence-corrected chi connectivity index (χ4v) is 1.92. The van der Waals surface area contributed by atoms with Crippen molar-refractivity contribution in [3.05, 3.63) is 46.5 Å². The van der Waals surface area contributed by atoms with E-state index in [1.807, 2.05) is 37.3 Å². The van der Waals surface area contributed by atoms with Gasteiger partial charge < -0.3 is 4.74 Å². The van der Waals surface area contributed by atoms with Gasteiger partial charge in [0.15, 0.2) is 0 Å². The lowest BCUT2D eigenvalue weighted by atomic mass is 9.91. The predicted molar refractivity (Wildman–Crippen MR) is 61.3 cm³/mol. The Hall–Kier alpha value is -1.09. The van der Waals surface area contributed by atoms with E-state index in [0.29, 0.717) is 0 Å². The maximum absolute atomic E-state index is 11.2. The maximum Gasteiger partial charge on any atom is 0.331 e. The average molecular weight is 267 g/mol. The summed E-state index contributed by atoms with van der Waals surface area (Å²) in [5, 5.41) is 0. The smallest absolute Gasteiger partial charge is 0.331 e. The SMILES string of the molecule is CC1(c2ccc(Br)cc2)CC=CC(=O)O1. The highest BCUT2D eigenvalue weighted by atomic mass is 79.9. The molecule has 1 heterocycles. The maximum atomic E-state index is 11.2. The Balaban J connectivity index is 2.33. The number of carbonyl (C=O) groups excluding carboxylic acids is 1. The second-order valence-electron chi connectivity index (χ2n) is 3.77. The molecule has 0 aromatic heterocycles. The Kier molecular flexibility index (Phi) is 2.65. The van der Waals surface area contributed by atoms with Crippen LogP contribution in [0.4, 0.5) is 0 Å². The first kappa shape index (κ1) is 10.4. The topological polar surface area (TPSA) is 26.3 Å². The van der Waals surface area contributed by atoms with Crippen molar-refractivity contribution in [1.29, 1.82) is 0 Å². The van der Waals surface area contributed by atoms with Gasteiger partial charge in [-0.2, -0.15) is 0 Å². The van der Waals surface area contributed by atoms with Gasteiger partial charge >= 0.3 is 5.97 Å². The van der Waals surface area contributed by atoms with Crippen LogP contribution in [0.2, 0.25) is 0 Å². The molecule has 0 fully saturated rings. The van der Waals surface area contributed by atoms with Gasteiger partial charge in [0.1, 0.15) is 5.60 Å². The molecule has 1 aliphatic rings. The summed E-state index contributed by atoms with van der Waals surface area (Å²) in [7, 11) is 0. The normalized spacial score (nSPS) is 25.1. The number of hydrogen-bond acceptors (Lipinski definition) is 2. The van der Waals surface area contributed by atoms with Crippen molar-refractivity contribution in [1.82, 2.24) is 0 Å². The summed E-state index contributed by atoms with van der Waals surface area (Å²) in [4.78, 5) is 11.2. The molecule has 0 saturated heterocycles. The minimum atomic E-state index is -0.521. The summed E-state index contributed by atoms with van der Waals surface area (Å²) in [5.41, 5.74) is 0.496. The van der Waals surface area contributed by atoms with Crippen LogP contribution in [0.25, 0.3) is 0 Å². The molecule has 0 spiro atoms. The van der Waals surface area contributed by atoms with Crippen LogP contribution < -0.4 is 0 Å². The van der Waals surface area contributed by atoms with Gasteiger partial charge in [-0.05, 0) is 24.6 Å². The van der Waals surface area contributed by atoms with Crippen molar-refractivity contribution < 1.29 is 9.53 Å². The van der Waals surface area contributed by atoms with Gasteiger partial charge in [-0.15, -0.1) is 0 Å². The standard InChI is InChI=1S/C12H11BrO2/c1-12(8-2-3-11(14)15-12)9-4-6-10(13)7-5-9/h2-7H,8H2,1H3. The number of benzene rings is 1. The molecule has 0 saturated carbocycles. The van der Waals surface area contributed by atoms with Crippen molar-refractivity contribution >= 4 is 21.9 Å². The van der Waals surface area contributed by atoms with E-state index in [0.717, 1.165) is 16.5 Å². The highest BCUT2D eigenvalue weighted by Gasteiger charge is 2.31. The Morgan fingerprint density at radius 1 is 1.33 bits per heavy atom. The lowest BCUT2D eigenvalue weighted by molar-refractivity contribution is -0.154. The van der Waals surface area contributed by atoms with E-state index < -0.39 is 5.60 Å². The van der Waals surface area contributed by atoms with E-state index in [1.54, 1.807) is 0 Å². The Morgan fingerprint density at radius 2 is 2.00 bits per heavy atom. The number of hydrogen-bond donors (Lipinski definition) is 0. The summed E-state index contributed by atoms with van der Waals surface area (Å²) in [6, 6.07) is 7.84. The molecule has 3 heteroatoms. The zero-order valence-corrected chi connectivity index (χ0v) is 9.95. The van der Waals surface area contributed by atoms with Gasteiger partial charge in [0.2, 0.25) is 0 Å². The van der Waals surface area contributed by atoms with Crippen molar-refractivity contribution in [3.8, 4) is 0 Å². The molecule has 0 amide bonds. The van der Waals surface area contributed by atoms with Gasteiger partial charge in [-0.1, -0.05) is 34.1 Å². The van der Waals surface area contributed by atoms with Crippen LogP contribution in [-0.4, -0.2) is 5.97 Å². The molecule has 15 heavy (non-hydrogen) atoms. The molecule has 0 N–H and O–H groups in total. The first-order valence-corrected chi connectivity index (χ1v) is 5.55. The molecule has 78 valence electrons. The Labute approximate surface area is 97.1 Å². The van der Waals surface area contributed by atoms with Crippen LogP contribution >= 0.6 is 15.9 Å². The van der Waals surface area contributed by atoms with Gasteiger partial charge in [0, 0.05) is 17.0 Å². The molecule has 0 aliphatic carbocycles. The van der Waals surface area contributed by atoms with E-state index in [4.69, 9.17) is 4.74 Å². The molecule has 2 nitrogen and oxygen atoms in total. The molecular formula is C12H11BrO2. The Morgan fingerprint density at radius 3 is 2.60 bits per heavy atom. The third-order valence-electron chi connectivity index (χ3n) is 2.54. The molecule has 1 atom stereocenters. The van der Waals surface area contributed by atoms with E-state index in [9.17, 15) is 4.79 Å². The lowest BCUT2D eigenvalue weighted by Crippen LogP contribution is -2.30. The summed E-state index contributed by atoms with van der Waals surface area (Å²) in [6.07, 6.45) is 4.05. The van der Waals surface area contributed by atoms with Crippen LogP contribution in [-0.2, 0) is 15.1 Å². The van der Waals surface area contributed by atoms with Crippen molar-refractivity contribution in [2.45, 2.75) is 18.9 Å². The minimum Gasteiger partial charge on any atom is -0.451 e. The van der Waals surface area contributed by atoms with Crippen LogP contribution in [0, 0.1) is 0 Å². The fraction of sp³-hybridized carbons (Fsp3) is 0.250. The van der Waals surface area contributed by atoms with E-state index in [2.05, 4.69) is 15.9 Å². The van der Waals surface area contributed by atoms with Crippen molar-refractivity contribution in [2.75, 3.05) is 0 Å². The number of rotatable bonds is 1. The van der Waals surface area contributed by atoms with Gasteiger partial charge in [0.05, 0.1) is 0 Å². The summed E-state index contributed by atoms with van der Waals surface area (Å²) >= 11 is 3.38. The summed E-state index contributed by atoms with van der Waals surface area (Å²) in [5.74, 6) is -0.272. The third-order valence-corrected chi connectivity index (χ3v) is 3.07. The van der Waals surface area contributed by atoms with E-state index in [1.165, 1.54) is 6.08 Å². The molecule has 1 aliphatic heterocycles. The molecule has 1 aromatic carbocycles. The molecule has 0 bridgehead atoms. The first-order chi connectivity index (χ1) is 7.10. The van der Waals surface area contributed by atoms with E-state index in [-0.39, 0.29) is 5.97 Å². The van der Waals surface area contributed by atoms with Crippen LogP contribution in [0.3, 0.4) is 0 Å². The summed E-state index contributed by atoms with van der Waals surface area (Å²) < 4.78 is 6.38. The lowest BCUT2D eigenvalue weighted by Gasteiger charge is -2.31. The minimum absolute atomic E-state index is 0.272. The summed E-state index contributed by atoms with van der Waals surface area (Å²) in [6.45, 7) is 1.93. The molecule has 0 radical (unpaired) electrons.